The third-order valence-electron chi connectivity index (χ3n) is 2.75. The van der Waals surface area contributed by atoms with Crippen LogP contribution >= 0.6 is 19.6 Å². The van der Waals surface area contributed by atoms with Crippen LogP contribution in [0.4, 0.5) is 0 Å². The Bertz CT molecular complexity index is 347. The van der Waals surface area contributed by atoms with Crippen molar-refractivity contribution in [1.82, 2.24) is 0 Å². The molecule has 0 saturated carbocycles. The smallest absolute Gasteiger partial charge is 0.331 e. The molecular weight excluding hydrogens is 297 g/mol. The Hall–Kier alpha value is -0.290. The number of aliphatic hydroxyl groups is 1. The fourth-order valence-corrected chi connectivity index (χ4v) is 3.91. The number of aliphatic hydroxyl groups excluding tert-OH is 1. The highest BCUT2D eigenvalue weighted by Gasteiger charge is 2.20. The molecule has 2 atom stereocenters. The van der Waals surface area contributed by atoms with E-state index in [9.17, 15) is 14.5 Å². The van der Waals surface area contributed by atoms with Gasteiger partial charge in [-0.1, -0.05) is 19.9 Å². The van der Waals surface area contributed by atoms with Gasteiger partial charge in [0.05, 0.1) is 0 Å². The van der Waals surface area contributed by atoms with Crippen LogP contribution in [0.3, 0.4) is 0 Å². The summed E-state index contributed by atoms with van der Waals surface area (Å²) in [5.74, 6) is -0.241. The first-order valence-corrected chi connectivity index (χ1v) is 9.65. The zero-order chi connectivity index (χ0) is 15.5. The SMILES string of the molecule is CC(C)C(O)[PH](=O)CC(=CCCCSCCN)C(=O)O. The molecule has 0 spiro atoms. The van der Waals surface area contributed by atoms with E-state index in [0.29, 0.717) is 13.0 Å². The highest BCUT2D eigenvalue weighted by atomic mass is 32.2. The third kappa shape index (κ3) is 8.80. The van der Waals surface area contributed by atoms with Crippen molar-refractivity contribution in [3.63, 3.8) is 0 Å². The van der Waals surface area contributed by atoms with Crippen LogP contribution in [0.1, 0.15) is 26.7 Å². The first-order chi connectivity index (χ1) is 9.40. The van der Waals surface area contributed by atoms with E-state index in [4.69, 9.17) is 10.8 Å². The van der Waals surface area contributed by atoms with Gasteiger partial charge in [-0.25, -0.2) is 4.79 Å². The minimum Gasteiger partial charge on any atom is -0.478 e. The predicted molar refractivity (Wildman–Crippen MR) is 86.0 cm³/mol. The molecule has 4 N–H and O–H groups in total. The minimum absolute atomic E-state index is 0.0325. The van der Waals surface area contributed by atoms with E-state index in [-0.39, 0.29) is 17.7 Å². The number of thioether (sulfide) groups is 1. The molecule has 2 unspecified atom stereocenters. The average molecular weight is 323 g/mol. The summed E-state index contributed by atoms with van der Waals surface area (Å²) in [5.41, 5.74) is 5.52. The topological polar surface area (TPSA) is 101 Å². The van der Waals surface area contributed by atoms with Crippen LogP contribution in [0.15, 0.2) is 11.6 Å². The second kappa shape index (κ2) is 11.4. The van der Waals surface area contributed by atoms with Crippen molar-refractivity contribution in [3.05, 3.63) is 11.6 Å². The van der Waals surface area contributed by atoms with Crippen molar-refractivity contribution in [2.45, 2.75) is 32.5 Å². The molecule has 0 aliphatic rings. The summed E-state index contributed by atoms with van der Waals surface area (Å²) < 4.78 is 11.9. The van der Waals surface area contributed by atoms with E-state index in [1.54, 1.807) is 31.7 Å². The number of hydrogen-bond acceptors (Lipinski definition) is 5. The standard InChI is InChI=1S/C13H26NO4PS/c1-10(2)13(17)19(18)9-11(12(15)16)5-3-4-7-20-8-6-14/h5,10,13,17,19H,3-4,6-9,14H2,1-2H3,(H,15,16). The maximum atomic E-state index is 11.9. The Morgan fingerprint density at radius 3 is 2.55 bits per heavy atom. The van der Waals surface area contributed by atoms with E-state index >= 15 is 0 Å². The number of hydrogen-bond donors (Lipinski definition) is 3. The first kappa shape index (κ1) is 19.7. The molecule has 118 valence electrons. The van der Waals surface area contributed by atoms with E-state index in [1.165, 1.54) is 0 Å². The molecule has 0 bridgehead atoms. The third-order valence-corrected chi connectivity index (χ3v) is 5.90. The van der Waals surface area contributed by atoms with Gasteiger partial charge in [0.15, 0.2) is 0 Å². The fraction of sp³-hybridized carbons (Fsp3) is 0.769. The maximum absolute atomic E-state index is 11.9. The van der Waals surface area contributed by atoms with E-state index in [1.807, 2.05) is 0 Å². The lowest BCUT2D eigenvalue weighted by Gasteiger charge is -2.14. The molecule has 5 nitrogen and oxygen atoms in total. The van der Waals surface area contributed by atoms with Gasteiger partial charge in [0.25, 0.3) is 0 Å². The van der Waals surface area contributed by atoms with Gasteiger partial charge in [0, 0.05) is 24.0 Å². The lowest BCUT2D eigenvalue weighted by molar-refractivity contribution is -0.132. The van der Waals surface area contributed by atoms with Crippen molar-refractivity contribution in [2.24, 2.45) is 11.7 Å². The van der Waals surface area contributed by atoms with Crippen molar-refractivity contribution < 1.29 is 19.6 Å². The van der Waals surface area contributed by atoms with Crippen molar-refractivity contribution in [2.75, 3.05) is 24.2 Å². The largest absolute Gasteiger partial charge is 0.478 e. The van der Waals surface area contributed by atoms with Gasteiger partial charge in [-0.15, -0.1) is 0 Å². The van der Waals surface area contributed by atoms with Crippen LogP contribution in [0.2, 0.25) is 0 Å². The number of carboxylic acid groups (broad SMARTS) is 1. The molecule has 0 aliphatic carbocycles. The molecular formula is C13H26NO4PS. The highest BCUT2D eigenvalue weighted by molar-refractivity contribution is 7.99. The Morgan fingerprint density at radius 2 is 2.05 bits per heavy atom. The number of nitrogens with two attached hydrogens (primary N) is 1. The Kier molecular flexibility index (Phi) is 11.2. The second-order valence-electron chi connectivity index (χ2n) is 4.91. The van der Waals surface area contributed by atoms with Crippen LogP contribution in [0.5, 0.6) is 0 Å². The molecule has 7 heteroatoms. The van der Waals surface area contributed by atoms with Crippen LogP contribution in [0, 0.1) is 5.92 Å². The van der Waals surface area contributed by atoms with Gasteiger partial charge in [0.2, 0.25) is 0 Å². The van der Waals surface area contributed by atoms with Crippen molar-refractivity contribution >= 4 is 25.5 Å². The van der Waals surface area contributed by atoms with Crippen LogP contribution < -0.4 is 5.73 Å². The average Bonchev–Trinajstić information content (AvgIpc) is 2.39. The summed E-state index contributed by atoms with van der Waals surface area (Å²) in [4.78, 5) is 11.1. The molecule has 0 aromatic rings. The van der Waals surface area contributed by atoms with Crippen LogP contribution in [-0.2, 0) is 9.36 Å². The van der Waals surface area contributed by atoms with E-state index < -0.39 is 19.6 Å². The number of carboxylic acids is 1. The van der Waals surface area contributed by atoms with E-state index in [0.717, 1.165) is 17.9 Å². The molecule has 0 rings (SSSR count). The van der Waals surface area contributed by atoms with Gasteiger partial charge < -0.3 is 20.5 Å². The summed E-state index contributed by atoms with van der Waals surface area (Å²) in [6.07, 6.45) is 3.11. The Morgan fingerprint density at radius 1 is 1.40 bits per heavy atom. The zero-order valence-electron chi connectivity index (χ0n) is 12.2. The molecule has 0 aromatic heterocycles. The Balaban J connectivity index is 4.29. The number of unbranched alkanes of at least 4 members (excludes halogenated alkanes) is 1. The summed E-state index contributed by atoms with van der Waals surface area (Å²) in [6, 6.07) is 0. The number of allylic oxidation sites excluding steroid dienone is 1. The normalized spacial score (nSPS) is 15.3. The fourth-order valence-electron chi connectivity index (χ4n) is 1.55. The number of rotatable bonds is 11. The molecule has 0 heterocycles. The summed E-state index contributed by atoms with van der Waals surface area (Å²) in [6.45, 7) is 4.19. The molecule has 0 amide bonds. The molecule has 0 radical (unpaired) electrons. The predicted octanol–water partition coefficient (Wildman–Crippen LogP) is 2.00. The lowest BCUT2D eigenvalue weighted by Crippen LogP contribution is -2.13. The van der Waals surface area contributed by atoms with Crippen molar-refractivity contribution in [1.29, 1.82) is 0 Å². The van der Waals surface area contributed by atoms with Gasteiger partial charge >= 0.3 is 5.97 Å². The second-order valence-corrected chi connectivity index (χ2v) is 8.01. The summed E-state index contributed by atoms with van der Waals surface area (Å²) in [7, 11) is -2.33. The summed E-state index contributed by atoms with van der Waals surface area (Å²) in [5, 5.41) is 18.8. The Labute approximate surface area is 125 Å². The molecule has 0 fully saturated rings. The molecule has 0 aromatic carbocycles. The maximum Gasteiger partial charge on any atom is 0.331 e. The van der Waals surface area contributed by atoms with Gasteiger partial charge in [0.1, 0.15) is 13.6 Å². The van der Waals surface area contributed by atoms with Gasteiger partial charge in [-0.2, -0.15) is 11.8 Å². The zero-order valence-corrected chi connectivity index (χ0v) is 14.0. The number of aliphatic carboxylic acids is 1. The quantitative estimate of drug-likeness (QED) is 0.305. The first-order valence-electron chi connectivity index (χ1n) is 6.81. The van der Waals surface area contributed by atoms with Crippen LogP contribution in [0.25, 0.3) is 0 Å². The van der Waals surface area contributed by atoms with Gasteiger partial charge in [-0.05, 0) is 24.5 Å². The number of carbonyl (C=O) groups is 1. The van der Waals surface area contributed by atoms with E-state index in [2.05, 4.69) is 0 Å². The molecule has 0 saturated heterocycles. The molecule has 20 heavy (non-hydrogen) atoms. The monoisotopic (exact) mass is 323 g/mol. The van der Waals surface area contributed by atoms with Crippen LogP contribution in [-0.4, -0.2) is 46.2 Å². The highest BCUT2D eigenvalue weighted by Crippen LogP contribution is 2.33. The van der Waals surface area contributed by atoms with Crippen molar-refractivity contribution in [3.8, 4) is 0 Å². The molecule has 0 aliphatic heterocycles. The minimum atomic E-state index is -2.33. The lowest BCUT2D eigenvalue weighted by atomic mass is 10.2. The van der Waals surface area contributed by atoms with Gasteiger partial charge in [-0.3, -0.25) is 0 Å². The summed E-state index contributed by atoms with van der Waals surface area (Å²) >= 11 is 1.74.